The number of hydrogen-bond acceptors (Lipinski definition) is 4. The van der Waals surface area contributed by atoms with Crippen LogP contribution in [-0.4, -0.2) is 47.1 Å². The second-order valence-corrected chi connectivity index (χ2v) is 8.23. The number of ether oxygens (including phenoxy) is 1. The summed E-state index contributed by atoms with van der Waals surface area (Å²) in [6.45, 7) is 12.0. The van der Waals surface area contributed by atoms with Crippen molar-refractivity contribution in [2.45, 2.75) is 40.8 Å². The number of carbonyl (C=O) groups excluding carboxylic acids is 1. The number of imidazole rings is 1. The summed E-state index contributed by atoms with van der Waals surface area (Å²) < 4.78 is 6.64. The van der Waals surface area contributed by atoms with E-state index in [0.717, 1.165) is 39.7 Å². The number of halogens is 1. The minimum absolute atomic E-state index is 0.0433. The highest BCUT2D eigenvalue weighted by Crippen LogP contribution is 2.33. The van der Waals surface area contributed by atoms with Crippen molar-refractivity contribution < 1.29 is 9.53 Å². The van der Waals surface area contributed by atoms with Gasteiger partial charge in [-0.2, -0.15) is 0 Å². The number of aromatic nitrogens is 2. The van der Waals surface area contributed by atoms with Crippen LogP contribution in [-0.2, 0) is 0 Å². The third kappa shape index (κ3) is 4.23. The molecule has 0 radical (unpaired) electrons. The highest BCUT2D eigenvalue weighted by Gasteiger charge is 2.18. The van der Waals surface area contributed by atoms with Gasteiger partial charge in [0.05, 0.1) is 29.9 Å². The van der Waals surface area contributed by atoms with Gasteiger partial charge in [-0.05, 0) is 69.3 Å². The fraction of sp³-hybridized carbons (Fsp3) is 0.391. The lowest BCUT2D eigenvalue weighted by Crippen LogP contribution is -2.46. The second-order valence-electron chi connectivity index (χ2n) is 7.38. The standard InChI is InChI=1S/C23H29BrN4O2/c1-7-28(8-2)15(5)25-23(29)16-9-10-17(20(11-16)30-6)22-26-19-12-18(24)13(3)14(4)21(19)27-22/h9-12,15H,7-8H2,1-6H3,(H,25,29)(H,26,27). The first-order chi connectivity index (χ1) is 14.3. The van der Waals surface area contributed by atoms with Crippen LogP contribution in [0.25, 0.3) is 22.4 Å². The number of methoxy groups -OCH3 is 1. The van der Waals surface area contributed by atoms with Crippen molar-refractivity contribution in [1.82, 2.24) is 20.2 Å². The quantitative estimate of drug-likeness (QED) is 0.472. The van der Waals surface area contributed by atoms with Crippen molar-refractivity contribution in [3.05, 3.63) is 45.4 Å². The molecular weight excluding hydrogens is 444 g/mol. The van der Waals surface area contributed by atoms with Crippen LogP contribution in [0.2, 0.25) is 0 Å². The topological polar surface area (TPSA) is 70.2 Å². The van der Waals surface area contributed by atoms with E-state index in [1.807, 2.05) is 25.1 Å². The Morgan fingerprint density at radius 3 is 2.57 bits per heavy atom. The smallest absolute Gasteiger partial charge is 0.252 e. The van der Waals surface area contributed by atoms with Crippen molar-refractivity contribution in [3.63, 3.8) is 0 Å². The number of nitrogens with zero attached hydrogens (tertiary/aromatic N) is 2. The third-order valence-electron chi connectivity index (χ3n) is 5.70. The number of aryl methyl sites for hydroxylation is 1. The third-order valence-corrected chi connectivity index (χ3v) is 6.52. The van der Waals surface area contributed by atoms with Crippen molar-refractivity contribution in [1.29, 1.82) is 0 Å². The van der Waals surface area contributed by atoms with Gasteiger partial charge in [0.1, 0.15) is 11.6 Å². The van der Waals surface area contributed by atoms with Crippen molar-refractivity contribution in [3.8, 4) is 17.1 Å². The predicted molar refractivity (Wildman–Crippen MR) is 125 cm³/mol. The Bertz CT molecular complexity index is 1070. The summed E-state index contributed by atoms with van der Waals surface area (Å²) in [6, 6.07) is 7.49. The molecule has 1 unspecified atom stereocenters. The maximum Gasteiger partial charge on any atom is 0.252 e. The first-order valence-electron chi connectivity index (χ1n) is 10.2. The van der Waals surface area contributed by atoms with Gasteiger partial charge in [0.2, 0.25) is 0 Å². The van der Waals surface area contributed by atoms with Crippen molar-refractivity contribution in [2.75, 3.05) is 20.2 Å². The van der Waals surface area contributed by atoms with Crippen molar-refractivity contribution >= 4 is 32.9 Å². The lowest BCUT2D eigenvalue weighted by Gasteiger charge is -2.27. The molecule has 6 nitrogen and oxygen atoms in total. The average Bonchev–Trinajstić information content (AvgIpc) is 3.16. The molecule has 160 valence electrons. The lowest BCUT2D eigenvalue weighted by molar-refractivity contribution is 0.0874. The molecule has 3 rings (SSSR count). The number of rotatable bonds is 7. The van der Waals surface area contributed by atoms with Gasteiger partial charge >= 0.3 is 0 Å². The maximum atomic E-state index is 12.7. The van der Waals surface area contributed by atoms with Crippen LogP contribution in [0.15, 0.2) is 28.7 Å². The van der Waals surface area contributed by atoms with Gasteiger partial charge in [-0.3, -0.25) is 9.69 Å². The molecule has 3 aromatic rings. The lowest BCUT2D eigenvalue weighted by atomic mass is 10.1. The first kappa shape index (κ1) is 22.3. The van der Waals surface area contributed by atoms with Crippen LogP contribution in [0.5, 0.6) is 5.75 Å². The van der Waals surface area contributed by atoms with Crippen LogP contribution in [0.4, 0.5) is 0 Å². The van der Waals surface area contributed by atoms with E-state index in [4.69, 9.17) is 9.72 Å². The van der Waals surface area contributed by atoms with Crippen LogP contribution in [0.1, 0.15) is 42.3 Å². The van der Waals surface area contributed by atoms with Gasteiger partial charge in [-0.1, -0.05) is 29.8 Å². The first-order valence-corrected chi connectivity index (χ1v) is 11.0. The fourth-order valence-corrected chi connectivity index (χ4v) is 4.19. The van der Waals surface area contributed by atoms with E-state index in [1.54, 1.807) is 13.2 Å². The van der Waals surface area contributed by atoms with Crippen LogP contribution < -0.4 is 10.1 Å². The maximum absolute atomic E-state index is 12.7. The minimum Gasteiger partial charge on any atom is -0.496 e. The van der Waals surface area contributed by atoms with Gasteiger partial charge in [-0.15, -0.1) is 0 Å². The molecular formula is C23H29BrN4O2. The molecule has 0 saturated heterocycles. The number of fused-ring (bicyclic) bond motifs is 1. The zero-order chi connectivity index (χ0) is 22.0. The highest BCUT2D eigenvalue weighted by molar-refractivity contribution is 9.10. The Labute approximate surface area is 186 Å². The van der Waals surface area contributed by atoms with E-state index in [-0.39, 0.29) is 12.1 Å². The van der Waals surface area contributed by atoms with E-state index in [9.17, 15) is 4.79 Å². The van der Waals surface area contributed by atoms with Crippen LogP contribution in [0, 0.1) is 13.8 Å². The highest BCUT2D eigenvalue weighted by atomic mass is 79.9. The molecule has 30 heavy (non-hydrogen) atoms. The molecule has 2 aromatic carbocycles. The number of carbonyl (C=O) groups is 1. The summed E-state index contributed by atoms with van der Waals surface area (Å²) >= 11 is 3.61. The van der Waals surface area contributed by atoms with Gasteiger partial charge in [-0.25, -0.2) is 4.98 Å². The largest absolute Gasteiger partial charge is 0.496 e. The fourth-order valence-electron chi connectivity index (χ4n) is 3.66. The van der Waals surface area contributed by atoms with Gasteiger partial charge in [0.25, 0.3) is 5.91 Å². The van der Waals surface area contributed by atoms with Crippen LogP contribution >= 0.6 is 15.9 Å². The summed E-state index contributed by atoms with van der Waals surface area (Å²) in [4.78, 5) is 23.1. The molecule has 1 aromatic heterocycles. The molecule has 1 amide bonds. The van der Waals surface area contributed by atoms with Gasteiger partial charge < -0.3 is 15.0 Å². The predicted octanol–water partition coefficient (Wildman–Crippen LogP) is 5.04. The Balaban J connectivity index is 1.94. The Hall–Kier alpha value is -2.38. The Morgan fingerprint density at radius 1 is 1.23 bits per heavy atom. The van der Waals surface area contributed by atoms with Crippen LogP contribution in [0.3, 0.4) is 0 Å². The zero-order valence-electron chi connectivity index (χ0n) is 18.4. The molecule has 7 heteroatoms. The summed E-state index contributed by atoms with van der Waals surface area (Å²) in [6.07, 6.45) is -0.0433. The number of aromatic amines is 1. The normalized spacial score (nSPS) is 12.4. The number of nitrogens with one attached hydrogen (secondary N) is 2. The monoisotopic (exact) mass is 472 g/mol. The SMILES string of the molecule is CCN(CC)C(C)NC(=O)c1ccc(-c2nc3c(C)c(C)c(Br)cc3[nH]2)c(OC)c1. The van der Waals surface area contributed by atoms with E-state index >= 15 is 0 Å². The van der Waals surface area contributed by atoms with Crippen molar-refractivity contribution in [2.24, 2.45) is 0 Å². The molecule has 0 saturated carbocycles. The van der Waals surface area contributed by atoms with Gasteiger partial charge in [0, 0.05) is 10.0 Å². The molecule has 0 spiro atoms. The minimum atomic E-state index is -0.126. The zero-order valence-corrected chi connectivity index (χ0v) is 20.0. The second kappa shape index (κ2) is 9.18. The Morgan fingerprint density at radius 2 is 1.93 bits per heavy atom. The molecule has 0 aliphatic heterocycles. The molecule has 0 fully saturated rings. The number of amides is 1. The number of hydrogen-bond donors (Lipinski definition) is 2. The molecule has 1 heterocycles. The molecule has 0 aliphatic carbocycles. The molecule has 1 atom stereocenters. The number of benzene rings is 2. The summed E-state index contributed by atoms with van der Waals surface area (Å²) in [5, 5.41) is 3.05. The number of H-pyrrole nitrogens is 1. The summed E-state index contributed by atoms with van der Waals surface area (Å²) in [5.74, 6) is 1.19. The Kier molecular flexibility index (Phi) is 6.83. The van der Waals surface area contributed by atoms with E-state index < -0.39 is 0 Å². The van der Waals surface area contributed by atoms with Gasteiger partial charge in [0.15, 0.2) is 0 Å². The van der Waals surface area contributed by atoms with E-state index in [1.165, 1.54) is 5.56 Å². The summed E-state index contributed by atoms with van der Waals surface area (Å²) in [5.41, 5.74) is 5.55. The summed E-state index contributed by atoms with van der Waals surface area (Å²) in [7, 11) is 1.60. The average molecular weight is 473 g/mol. The molecule has 0 bridgehead atoms. The van der Waals surface area contributed by atoms with E-state index in [0.29, 0.717) is 17.1 Å². The van der Waals surface area contributed by atoms with E-state index in [2.05, 4.69) is 58.8 Å². The molecule has 2 N–H and O–H groups in total. The molecule has 0 aliphatic rings.